The Kier molecular flexibility index (Phi) is 6.54. The van der Waals surface area contributed by atoms with Crippen LogP contribution >= 0.6 is 0 Å². The fourth-order valence-corrected chi connectivity index (χ4v) is 3.12. The van der Waals surface area contributed by atoms with Crippen molar-refractivity contribution in [3.8, 4) is 5.75 Å². The molecule has 0 spiro atoms. The molecular weight excluding hydrogens is 360 g/mol. The Morgan fingerprint density at radius 2 is 2.14 bits per heavy atom. The normalized spacial score (nSPS) is 18.7. The summed E-state index contributed by atoms with van der Waals surface area (Å²) in [5.74, 6) is 0.150. The van der Waals surface area contributed by atoms with Gasteiger partial charge in [-0.05, 0) is 31.2 Å². The highest BCUT2D eigenvalue weighted by Gasteiger charge is 2.41. The second-order valence-corrected chi connectivity index (χ2v) is 6.61. The summed E-state index contributed by atoms with van der Waals surface area (Å²) >= 11 is 0. The Bertz CT molecular complexity index is 798. The zero-order valence-corrected chi connectivity index (χ0v) is 16.0. The molecule has 0 bridgehead atoms. The van der Waals surface area contributed by atoms with Crippen LogP contribution in [0.5, 0.6) is 5.75 Å². The zero-order chi connectivity index (χ0) is 19.9. The molecule has 0 aliphatic carbocycles. The van der Waals surface area contributed by atoms with Gasteiger partial charge in [-0.15, -0.1) is 0 Å². The van der Waals surface area contributed by atoms with Gasteiger partial charge in [0.1, 0.15) is 17.9 Å². The number of aryl methyl sites for hydroxylation is 1. The maximum Gasteiger partial charge on any atom is 0.256 e. The largest absolute Gasteiger partial charge is 0.487 e. The van der Waals surface area contributed by atoms with E-state index in [2.05, 4.69) is 15.3 Å². The molecule has 0 aromatic carbocycles. The number of aromatic nitrogens is 2. The number of methoxy groups -OCH3 is 1. The molecule has 2 atom stereocenters. The van der Waals surface area contributed by atoms with E-state index in [4.69, 9.17) is 9.47 Å². The van der Waals surface area contributed by atoms with Gasteiger partial charge in [0.15, 0.2) is 0 Å². The molecule has 1 aliphatic heterocycles. The highest BCUT2D eigenvalue weighted by Crippen LogP contribution is 2.24. The minimum Gasteiger partial charge on any atom is -0.487 e. The molecule has 2 aromatic rings. The molecular formula is C20H24N4O4. The number of rotatable bonds is 7. The molecule has 1 aliphatic rings. The van der Waals surface area contributed by atoms with Crippen molar-refractivity contribution in [3.63, 3.8) is 0 Å². The molecule has 0 saturated carbocycles. The molecule has 3 rings (SSSR count). The molecule has 0 radical (unpaired) electrons. The van der Waals surface area contributed by atoms with Crippen molar-refractivity contribution < 1.29 is 19.1 Å². The monoisotopic (exact) mass is 384 g/mol. The SMILES string of the molecule is COCCNC(=O)[C@@H]1C[C@H](Oc2cccnc2)CN1C(=O)c1ccc(C)nc1. The lowest BCUT2D eigenvalue weighted by molar-refractivity contribution is -0.125. The predicted octanol–water partition coefficient (Wildman–Crippen LogP) is 1.21. The lowest BCUT2D eigenvalue weighted by Crippen LogP contribution is -2.46. The minimum atomic E-state index is -0.618. The van der Waals surface area contributed by atoms with Gasteiger partial charge in [-0.25, -0.2) is 0 Å². The average molecular weight is 384 g/mol. The number of nitrogens with one attached hydrogen (secondary N) is 1. The quantitative estimate of drug-likeness (QED) is 0.721. The second-order valence-electron chi connectivity index (χ2n) is 6.61. The van der Waals surface area contributed by atoms with E-state index in [1.54, 1.807) is 48.7 Å². The van der Waals surface area contributed by atoms with Crippen LogP contribution in [0, 0.1) is 6.92 Å². The van der Waals surface area contributed by atoms with Gasteiger partial charge in [0.2, 0.25) is 5.91 Å². The molecule has 2 amide bonds. The highest BCUT2D eigenvalue weighted by atomic mass is 16.5. The van der Waals surface area contributed by atoms with Crippen molar-refractivity contribution in [2.45, 2.75) is 25.5 Å². The van der Waals surface area contributed by atoms with Crippen LogP contribution in [0.1, 0.15) is 22.5 Å². The fourth-order valence-electron chi connectivity index (χ4n) is 3.12. The van der Waals surface area contributed by atoms with Gasteiger partial charge in [0.05, 0.1) is 24.9 Å². The first-order valence-electron chi connectivity index (χ1n) is 9.15. The lowest BCUT2D eigenvalue weighted by Gasteiger charge is -2.23. The smallest absolute Gasteiger partial charge is 0.256 e. The van der Waals surface area contributed by atoms with E-state index in [1.807, 2.05) is 6.92 Å². The van der Waals surface area contributed by atoms with Crippen LogP contribution in [0.3, 0.4) is 0 Å². The third-order valence-electron chi connectivity index (χ3n) is 4.53. The highest BCUT2D eigenvalue weighted by molar-refractivity contribution is 5.97. The molecule has 8 nitrogen and oxygen atoms in total. The molecule has 148 valence electrons. The number of ether oxygens (including phenoxy) is 2. The average Bonchev–Trinajstić information content (AvgIpc) is 3.13. The van der Waals surface area contributed by atoms with Crippen LogP contribution in [0.15, 0.2) is 42.9 Å². The van der Waals surface area contributed by atoms with E-state index in [-0.39, 0.29) is 17.9 Å². The van der Waals surface area contributed by atoms with Crippen LogP contribution in [0.25, 0.3) is 0 Å². The Morgan fingerprint density at radius 1 is 1.29 bits per heavy atom. The maximum absolute atomic E-state index is 13.0. The van der Waals surface area contributed by atoms with Gasteiger partial charge in [-0.1, -0.05) is 0 Å². The van der Waals surface area contributed by atoms with E-state index in [0.29, 0.717) is 37.4 Å². The Hall–Kier alpha value is -3.00. The van der Waals surface area contributed by atoms with E-state index < -0.39 is 6.04 Å². The van der Waals surface area contributed by atoms with Crippen molar-refractivity contribution in [3.05, 3.63) is 54.1 Å². The summed E-state index contributed by atoms with van der Waals surface area (Å²) in [7, 11) is 1.57. The number of amides is 2. The van der Waals surface area contributed by atoms with Gasteiger partial charge in [-0.3, -0.25) is 19.6 Å². The summed E-state index contributed by atoms with van der Waals surface area (Å²) in [6.07, 6.45) is 4.91. The Labute approximate surface area is 163 Å². The molecule has 8 heteroatoms. The minimum absolute atomic E-state index is 0.220. The summed E-state index contributed by atoms with van der Waals surface area (Å²) < 4.78 is 10.9. The molecule has 3 heterocycles. The lowest BCUT2D eigenvalue weighted by atomic mass is 10.1. The van der Waals surface area contributed by atoms with Gasteiger partial charge in [0.25, 0.3) is 5.91 Å². The van der Waals surface area contributed by atoms with Gasteiger partial charge < -0.3 is 19.7 Å². The van der Waals surface area contributed by atoms with Crippen LogP contribution in [-0.2, 0) is 9.53 Å². The molecule has 1 saturated heterocycles. The Morgan fingerprint density at radius 3 is 2.82 bits per heavy atom. The van der Waals surface area contributed by atoms with Gasteiger partial charge >= 0.3 is 0 Å². The molecule has 1 N–H and O–H groups in total. The summed E-state index contributed by atoms with van der Waals surface area (Å²) in [6.45, 7) is 2.95. The van der Waals surface area contributed by atoms with Crippen LogP contribution < -0.4 is 10.1 Å². The number of nitrogens with zero attached hydrogens (tertiary/aromatic N) is 3. The zero-order valence-electron chi connectivity index (χ0n) is 16.0. The molecule has 2 aromatic heterocycles. The van der Waals surface area contributed by atoms with E-state index in [9.17, 15) is 9.59 Å². The van der Waals surface area contributed by atoms with Gasteiger partial charge in [0, 0.05) is 38.2 Å². The third-order valence-corrected chi connectivity index (χ3v) is 4.53. The molecule has 1 fully saturated rings. The number of pyridine rings is 2. The first-order chi connectivity index (χ1) is 13.6. The fraction of sp³-hybridized carbons (Fsp3) is 0.400. The van der Waals surface area contributed by atoms with Gasteiger partial charge in [-0.2, -0.15) is 0 Å². The molecule has 28 heavy (non-hydrogen) atoms. The van der Waals surface area contributed by atoms with E-state index >= 15 is 0 Å². The van der Waals surface area contributed by atoms with E-state index in [0.717, 1.165) is 5.69 Å². The number of likely N-dealkylation sites (tertiary alicyclic amines) is 1. The predicted molar refractivity (Wildman–Crippen MR) is 102 cm³/mol. The number of hydrogen-bond acceptors (Lipinski definition) is 6. The summed E-state index contributed by atoms with van der Waals surface area (Å²) in [4.78, 5) is 35.5. The Balaban J connectivity index is 1.75. The standard InChI is InChI=1S/C20H24N4O4/c1-14-5-6-15(11-23-14)20(26)24-13-17(28-16-4-3-7-21-12-16)10-18(24)19(25)22-8-9-27-2/h3-7,11-12,17-18H,8-10,13H2,1-2H3,(H,22,25)/t17-,18-/m0/s1. The number of carbonyl (C=O) groups excluding carboxylic acids is 2. The van der Waals surface area contributed by atoms with Crippen molar-refractivity contribution in [2.75, 3.05) is 26.8 Å². The number of hydrogen-bond donors (Lipinski definition) is 1. The topological polar surface area (TPSA) is 93.7 Å². The van der Waals surface area contributed by atoms with Crippen molar-refractivity contribution in [1.29, 1.82) is 0 Å². The van der Waals surface area contributed by atoms with Crippen molar-refractivity contribution in [1.82, 2.24) is 20.2 Å². The maximum atomic E-state index is 13.0. The van der Waals surface area contributed by atoms with Crippen LogP contribution in [0.4, 0.5) is 0 Å². The summed E-state index contributed by atoms with van der Waals surface area (Å²) in [5.41, 5.74) is 1.27. The van der Waals surface area contributed by atoms with Crippen LogP contribution in [-0.4, -0.2) is 65.6 Å². The first kappa shape index (κ1) is 19.8. The first-order valence-corrected chi connectivity index (χ1v) is 9.15. The van der Waals surface area contributed by atoms with Crippen molar-refractivity contribution >= 4 is 11.8 Å². The number of carbonyl (C=O) groups is 2. The summed E-state index contributed by atoms with van der Waals surface area (Å²) in [5, 5.41) is 2.81. The summed E-state index contributed by atoms with van der Waals surface area (Å²) in [6, 6.07) is 6.46. The molecule has 0 unspecified atom stereocenters. The third kappa shape index (κ3) is 4.83. The van der Waals surface area contributed by atoms with E-state index in [1.165, 1.54) is 6.20 Å². The van der Waals surface area contributed by atoms with Crippen LogP contribution in [0.2, 0.25) is 0 Å². The second kappa shape index (κ2) is 9.27. The van der Waals surface area contributed by atoms with Crippen molar-refractivity contribution in [2.24, 2.45) is 0 Å².